The molecule has 2 aliphatic rings. The van der Waals surface area contributed by atoms with E-state index in [0.717, 1.165) is 62.9 Å². The van der Waals surface area contributed by atoms with E-state index in [1.54, 1.807) is 6.20 Å². The molecule has 0 spiro atoms. The number of rotatable bonds is 6. The molecule has 0 aliphatic carbocycles. The molecule has 29 heavy (non-hydrogen) atoms. The van der Waals surface area contributed by atoms with Gasteiger partial charge in [-0.05, 0) is 49.2 Å². The predicted octanol–water partition coefficient (Wildman–Crippen LogP) is 3.17. The molecule has 0 N–H and O–H groups in total. The Hall–Kier alpha value is -2.31. The monoisotopic (exact) mass is 414 g/mol. The van der Waals surface area contributed by atoms with Crippen LogP contribution in [0, 0.1) is 0 Å². The van der Waals surface area contributed by atoms with Gasteiger partial charge in [0.1, 0.15) is 18.2 Å². The van der Waals surface area contributed by atoms with Gasteiger partial charge in [0.15, 0.2) is 0 Å². The van der Waals surface area contributed by atoms with Gasteiger partial charge in [0.05, 0.1) is 5.56 Å². The maximum atomic E-state index is 13.1. The summed E-state index contributed by atoms with van der Waals surface area (Å²) in [4.78, 5) is 24.1. The molecular formula is C22H27ClN4O2. The summed E-state index contributed by atoms with van der Waals surface area (Å²) in [7, 11) is 0. The summed E-state index contributed by atoms with van der Waals surface area (Å²) in [6.07, 6.45) is 4.12. The zero-order chi connectivity index (χ0) is 20.1. The van der Waals surface area contributed by atoms with Crippen molar-refractivity contribution >= 4 is 23.3 Å². The van der Waals surface area contributed by atoms with E-state index in [1.807, 2.05) is 41.3 Å². The van der Waals surface area contributed by atoms with Crippen molar-refractivity contribution in [2.75, 3.05) is 57.3 Å². The van der Waals surface area contributed by atoms with Crippen molar-refractivity contribution in [3.63, 3.8) is 0 Å². The number of amides is 1. The number of pyridine rings is 1. The van der Waals surface area contributed by atoms with Crippen LogP contribution < -0.4 is 9.64 Å². The summed E-state index contributed by atoms with van der Waals surface area (Å²) in [6.45, 7) is 6.61. The lowest BCUT2D eigenvalue weighted by molar-refractivity contribution is 0.0620. The highest BCUT2D eigenvalue weighted by Gasteiger charge is 2.26. The molecule has 0 bridgehead atoms. The number of hydrogen-bond donors (Lipinski definition) is 0. The van der Waals surface area contributed by atoms with Gasteiger partial charge in [-0.25, -0.2) is 4.98 Å². The second kappa shape index (κ2) is 9.46. The van der Waals surface area contributed by atoms with Gasteiger partial charge in [0.2, 0.25) is 0 Å². The van der Waals surface area contributed by atoms with Gasteiger partial charge >= 0.3 is 0 Å². The normalized spacial score (nSPS) is 17.6. The largest absolute Gasteiger partial charge is 0.492 e. The van der Waals surface area contributed by atoms with Crippen LogP contribution in [0.25, 0.3) is 0 Å². The molecule has 2 aromatic rings. The number of nitrogens with zero attached hydrogens (tertiary/aromatic N) is 4. The Kier molecular flexibility index (Phi) is 6.52. The van der Waals surface area contributed by atoms with Gasteiger partial charge in [-0.3, -0.25) is 9.69 Å². The summed E-state index contributed by atoms with van der Waals surface area (Å²) in [5.41, 5.74) is 0.730. The topological polar surface area (TPSA) is 48.9 Å². The van der Waals surface area contributed by atoms with Crippen molar-refractivity contribution < 1.29 is 9.53 Å². The van der Waals surface area contributed by atoms with E-state index < -0.39 is 0 Å². The van der Waals surface area contributed by atoms with E-state index in [-0.39, 0.29) is 5.91 Å². The quantitative estimate of drug-likeness (QED) is 0.726. The highest BCUT2D eigenvalue weighted by atomic mass is 35.5. The van der Waals surface area contributed by atoms with E-state index in [0.29, 0.717) is 11.6 Å². The van der Waals surface area contributed by atoms with Crippen LogP contribution in [-0.4, -0.2) is 73.1 Å². The van der Waals surface area contributed by atoms with E-state index >= 15 is 0 Å². The first-order valence-electron chi connectivity index (χ1n) is 10.3. The first kappa shape index (κ1) is 20.0. The molecule has 2 aliphatic heterocycles. The number of carbonyl (C=O) groups is 1. The predicted molar refractivity (Wildman–Crippen MR) is 115 cm³/mol. The molecule has 3 heterocycles. The maximum absolute atomic E-state index is 13.1. The van der Waals surface area contributed by atoms with E-state index in [4.69, 9.17) is 16.3 Å². The minimum atomic E-state index is 0.0945. The minimum Gasteiger partial charge on any atom is -0.492 e. The number of aromatic nitrogens is 1. The van der Waals surface area contributed by atoms with Crippen LogP contribution in [0.4, 0.5) is 5.82 Å². The van der Waals surface area contributed by atoms with Crippen molar-refractivity contribution in [3.05, 3.63) is 53.2 Å². The average molecular weight is 415 g/mol. The molecule has 0 radical (unpaired) electrons. The number of carbonyl (C=O) groups excluding carboxylic acids is 1. The van der Waals surface area contributed by atoms with Gasteiger partial charge < -0.3 is 14.5 Å². The summed E-state index contributed by atoms with van der Waals surface area (Å²) in [5, 5.41) is 0.708. The second-order valence-corrected chi connectivity index (χ2v) is 7.94. The zero-order valence-electron chi connectivity index (χ0n) is 16.6. The smallest absolute Gasteiger partial charge is 0.257 e. The number of halogens is 1. The Morgan fingerprint density at radius 1 is 1.00 bits per heavy atom. The fraction of sp³-hybridized carbons (Fsp3) is 0.455. The lowest BCUT2D eigenvalue weighted by atomic mass is 10.2. The molecule has 6 nitrogen and oxygen atoms in total. The van der Waals surface area contributed by atoms with Crippen molar-refractivity contribution in [2.24, 2.45) is 0 Å². The van der Waals surface area contributed by atoms with E-state index in [1.165, 1.54) is 12.8 Å². The third-order valence-electron chi connectivity index (χ3n) is 5.57. The molecular weight excluding hydrogens is 388 g/mol. The Balaban J connectivity index is 1.27. The Morgan fingerprint density at radius 2 is 1.72 bits per heavy atom. The van der Waals surface area contributed by atoms with Crippen LogP contribution in [-0.2, 0) is 0 Å². The molecule has 1 aromatic carbocycles. The highest BCUT2D eigenvalue weighted by molar-refractivity contribution is 6.30. The summed E-state index contributed by atoms with van der Waals surface area (Å²) in [6, 6.07) is 11.2. The standard InChI is InChI=1S/C22H27ClN4O2/c23-18-5-7-19(8-6-18)29-17-16-25-12-14-27(15-13-25)22(28)20-4-3-9-24-21(20)26-10-1-2-11-26/h3-9H,1-2,10-17H2. The van der Waals surface area contributed by atoms with Gasteiger partial charge in [-0.2, -0.15) is 0 Å². The van der Waals surface area contributed by atoms with Gasteiger partial charge in [0.25, 0.3) is 5.91 Å². The second-order valence-electron chi connectivity index (χ2n) is 7.50. The fourth-order valence-electron chi connectivity index (χ4n) is 3.91. The summed E-state index contributed by atoms with van der Waals surface area (Å²) in [5.74, 6) is 1.76. The molecule has 2 saturated heterocycles. The van der Waals surface area contributed by atoms with Crippen molar-refractivity contribution in [3.8, 4) is 5.75 Å². The third kappa shape index (κ3) is 5.00. The third-order valence-corrected chi connectivity index (χ3v) is 5.82. The molecule has 1 amide bonds. The molecule has 1 aromatic heterocycles. The molecule has 2 fully saturated rings. The van der Waals surface area contributed by atoms with Crippen LogP contribution >= 0.6 is 11.6 Å². The van der Waals surface area contributed by atoms with E-state index in [2.05, 4.69) is 14.8 Å². The zero-order valence-corrected chi connectivity index (χ0v) is 17.4. The maximum Gasteiger partial charge on any atom is 0.257 e. The van der Waals surface area contributed by atoms with Gasteiger partial charge in [0, 0.05) is 57.0 Å². The van der Waals surface area contributed by atoms with Gasteiger partial charge in [-0.1, -0.05) is 11.6 Å². The molecule has 0 atom stereocenters. The van der Waals surface area contributed by atoms with Crippen molar-refractivity contribution in [1.82, 2.24) is 14.8 Å². The number of hydrogen-bond acceptors (Lipinski definition) is 5. The minimum absolute atomic E-state index is 0.0945. The van der Waals surface area contributed by atoms with E-state index in [9.17, 15) is 4.79 Å². The average Bonchev–Trinajstić information content (AvgIpc) is 3.30. The SMILES string of the molecule is O=C(c1cccnc1N1CCCC1)N1CCN(CCOc2ccc(Cl)cc2)CC1. The number of ether oxygens (including phenoxy) is 1. The molecule has 0 saturated carbocycles. The number of benzene rings is 1. The van der Waals surface area contributed by atoms with Crippen LogP contribution in [0.15, 0.2) is 42.6 Å². The summed E-state index contributed by atoms with van der Waals surface area (Å²) < 4.78 is 5.79. The lowest BCUT2D eigenvalue weighted by Crippen LogP contribution is -2.49. The Labute approximate surface area is 177 Å². The van der Waals surface area contributed by atoms with Crippen LogP contribution in [0.3, 0.4) is 0 Å². The first-order chi connectivity index (χ1) is 14.2. The number of anilines is 1. The molecule has 154 valence electrons. The van der Waals surface area contributed by atoms with Crippen LogP contribution in [0.1, 0.15) is 23.2 Å². The lowest BCUT2D eigenvalue weighted by Gasteiger charge is -2.35. The molecule has 4 rings (SSSR count). The fourth-order valence-corrected chi connectivity index (χ4v) is 4.04. The van der Waals surface area contributed by atoms with Crippen LogP contribution in [0.5, 0.6) is 5.75 Å². The molecule has 0 unspecified atom stereocenters. The Morgan fingerprint density at radius 3 is 2.45 bits per heavy atom. The summed E-state index contributed by atoms with van der Waals surface area (Å²) >= 11 is 5.89. The van der Waals surface area contributed by atoms with Gasteiger partial charge in [-0.15, -0.1) is 0 Å². The first-order valence-corrected chi connectivity index (χ1v) is 10.7. The number of piperazine rings is 1. The van der Waals surface area contributed by atoms with Crippen molar-refractivity contribution in [1.29, 1.82) is 0 Å². The van der Waals surface area contributed by atoms with Crippen LogP contribution in [0.2, 0.25) is 5.02 Å². The molecule has 7 heteroatoms. The highest BCUT2D eigenvalue weighted by Crippen LogP contribution is 2.23. The Bertz CT molecular complexity index is 816. The van der Waals surface area contributed by atoms with Crippen molar-refractivity contribution in [2.45, 2.75) is 12.8 Å².